The second-order valence-electron chi connectivity index (χ2n) is 6.54. The van der Waals surface area contributed by atoms with Crippen LogP contribution in [0.3, 0.4) is 0 Å². The number of hydrogen-bond donors (Lipinski definition) is 0. The molecule has 0 aromatic heterocycles. The van der Waals surface area contributed by atoms with Gasteiger partial charge in [0.25, 0.3) is 0 Å². The van der Waals surface area contributed by atoms with Crippen LogP contribution in [0.1, 0.15) is 33.1 Å². The highest BCUT2D eigenvalue weighted by atomic mass is 16.5. The highest BCUT2D eigenvalue weighted by Crippen LogP contribution is 2.21. The maximum absolute atomic E-state index is 12.7. The van der Waals surface area contributed by atoms with E-state index in [0.717, 1.165) is 39.0 Å². The predicted molar refractivity (Wildman–Crippen MR) is 84.5 cm³/mol. The quantitative estimate of drug-likeness (QED) is 0.745. The van der Waals surface area contributed by atoms with Gasteiger partial charge >= 0.3 is 0 Å². The topological polar surface area (TPSA) is 53.1 Å². The molecule has 6 heteroatoms. The normalized spacial score (nSPS) is 23.4. The number of amides is 2. The fraction of sp³-hybridized carbons (Fsp3) is 0.875. The Balaban J connectivity index is 1.86. The van der Waals surface area contributed by atoms with E-state index in [2.05, 4.69) is 11.9 Å². The largest absolute Gasteiger partial charge is 0.378 e. The van der Waals surface area contributed by atoms with E-state index in [-0.39, 0.29) is 24.0 Å². The first kappa shape index (κ1) is 17.2. The molecule has 2 saturated heterocycles. The molecule has 6 nitrogen and oxygen atoms in total. The zero-order valence-electron chi connectivity index (χ0n) is 14.1. The van der Waals surface area contributed by atoms with Gasteiger partial charge in [-0.15, -0.1) is 0 Å². The minimum absolute atomic E-state index is 0.0469. The van der Waals surface area contributed by atoms with Gasteiger partial charge in [-0.1, -0.05) is 0 Å². The summed E-state index contributed by atoms with van der Waals surface area (Å²) in [6.07, 6.45) is 2.21. The summed E-state index contributed by atoms with van der Waals surface area (Å²) in [4.78, 5) is 30.9. The lowest BCUT2D eigenvalue weighted by Gasteiger charge is -2.35. The number of nitrogens with zero attached hydrogens (tertiary/aromatic N) is 3. The Bertz CT molecular complexity index is 392. The van der Waals surface area contributed by atoms with E-state index in [4.69, 9.17) is 4.74 Å². The van der Waals surface area contributed by atoms with Gasteiger partial charge in [-0.25, -0.2) is 0 Å². The van der Waals surface area contributed by atoms with Crippen molar-refractivity contribution in [2.75, 3.05) is 46.4 Å². The van der Waals surface area contributed by atoms with E-state index in [9.17, 15) is 9.59 Å². The number of carbonyl (C=O) groups is 2. The van der Waals surface area contributed by atoms with Crippen LogP contribution in [0.2, 0.25) is 0 Å². The van der Waals surface area contributed by atoms with Gasteiger partial charge in [0.2, 0.25) is 11.8 Å². The lowest BCUT2D eigenvalue weighted by molar-refractivity contribution is -0.145. The molecule has 0 bridgehead atoms. The highest BCUT2D eigenvalue weighted by molar-refractivity contribution is 5.88. The van der Waals surface area contributed by atoms with Crippen LogP contribution in [-0.4, -0.2) is 85.0 Å². The first-order valence-electron chi connectivity index (χ1n) is 8.37. The van der Waals surface area contributed by atoms with Crippen LogP contribution in [0.5, 0.6) is 0 Å². The smallest absolute Gasteiger partial charge is 0.245 e. The molecule has 0 aromatic carbocycles. The minimum Gasteiger partial charge on any atom is -0.378 e. The summed E-state index contributed by atoms with van der Waals surface area (Å²) in [5.41, 5.74) is 0. The van der Waals surface area contributed by atoms with Crippen molar-refractivity contribution < 1.29 is 14.3 Å². The number of hydrogen-bond acceptors (Lipinski definition) is 4. The molecule has 2 fully saturated rings. The number of rotatable bonds is 5. The van der Waals surface area contributed by atoms with Crippen molar-refractivity contribution in [3.8, 4) is 0 Å². The van der Waals surface area contributed by atoms with Crippen LogP contribution >= 0.6 is 0 Å². The monoisotopic (exact) mass is 311 g/mol. The fourth-order valence-electron chi connectivity index (χ4n) is 3.09. The fourth-order valence-corrected chi connectivity index (χ4v) is 3.09. The second-order valence-corrected chi connectivity index (χ2v) is 6.54. The van der Waals surface area contributed by atoms with Crippen LogP contribution < -0.4 is 0 Å². The van der Waals surface area contributed by atoms with Crippen LogP contribution in [-0.2, 0) is 14.3 Å². The Kier molecular flexibility index (Phi) is 6.20. The summed E-state index contributed by atoms with van der Waals surface area (Å²) in [7, 11) is 2.07. The van der Waals surface area contributed by atoms with E-state index in [1.807, 2.05) is 18.7 Å². The third-order valence-corrected chi connectivity index (χ3v) is 4.44. The van der Waals surface area contributed by atoms with E-state index in [1.54, 1.807) is 4.90 Å². The van der Waals surface area contributed by atoms with Crippen molar-refractivity contribution in [2.24, 2.45) is 0 Å². The van der Waals surface area contributed by atoms with Crippen molar-refractivity contribution >= 4 is 11.8 Å². The molecule has 0 aromatic rings. The average molecular weight is 311 g/mol. The minimum atomic E-state index is -0.255. The Labute approximate surface area is 133 Å². The van der Waals surface area contributed by atoms with Gasteiger partial charge in [-0.05, 0) is 33.7 Å². The first-order valence-corrected chi connectivity index (χ1v) is 8.37. The number of likely N-dealkylation sites (tertiary alicyclic amines) is 1. The van der Waals surface area contributed by atoms with Gasteiger partial charge in [0.1, 0.15) is 6.04 Å². The summed E-state index contributed by atoms with van der Waals surface area (Å²) >= 11 is 0. The van der Waals surface area contributed by atoms with Crippen molar-refractivity contribution in [1.82, 2.24) is 14.7 Å². The van der Waals surface area contributed by atoms with Crippen LogP contribution in [0.25, 0.3) is 0 Å². The molecule has 22 heavy (non-hydrogen) atoms. The van der Waals surface area contributed by atoms with Crippen LogP contribution in [0, 0.1) is 0 Å². The predicted octanol–water partition coefficient (Wildman–Crippen LogP) is 0.567. The van der Waals surface area contributed by atoms with Crippen molar-refractivity contribution in [3.63, 3.8) is 0 Å². The lowest BCUT2D eigenvalue weighted by Crippen LogP contribution is -2.53. The number of piperazine rings is 1. The molecule has 2 aliphatic rings. The second kappa shape index (κ2) is 7.92. The maximum Gasteiger partial charge on any atom is 0.245 e. The molecule has 2 heterocycles. The Morgan fingerprint density at radius 3 is 2.45 bits per heavy atom. The molecule has 1 unspecified atom stereocenters. The number of carbonyl (C=O) groups excluding carboxylic acids is 2. The van der Waals surface area contributed by atoms with Crippen molar-refractivity contribution in [2.45, 2.75) is 45.3 Å². The van der Waals surface area contributed by atoms with E-state index < -0.39 is 0 Å². The third kappa shape index (κ3) is 4.43. The molecule has 0 saturated carbocycles. The van der Waals surface area contributed by atoms with E-state index in [0.29, 0.717) is 19.6 Å². The SMILES string of the molecule is CC(C)OCCC(=O)N1CCCC1C(=O)N1CCN(C)CC1. The summed E-state index contributed by atoms with van der Waals surface area (Å²) in [5.74, 6) is 0.175. The molecular weight excluding hydrogens is 282 g/mol. The molecule has 2 aliphatic heterocycles. The number of ether oxygens (including phenoxy) is 1. The highest BCUT2D eigenvalue weighted by Gasteiger charge is 2.36. The summed E-state index contributed by atoms with van der Waals surface area (Å²) in [6, 6.07) is -0.255. The third-order valence-electron chi connectivity index (χ3n) is 4.44. The Morgan fingerprint density at radius 1 is 1.14 bits per heavy atom. The Hall–Kier alpha value is -1.14. The van der Waals surface area contributed by atoms with Gasteiger partial charge in [-0.3, -0.25) is 9.59 Å². The van der Waals surface area contributed by atoms with Crippen molar-refractivity contribution in [3.05, 3.63) is 0 Å². The van der Waals surface area contributed by atoms with Gasteiger partial charge in [-0.2, -0.15) is 0 Å². The van der Waals surface area contributed by atoms with E-state index in [1.165, 1.54) is 0 Å². The molecule has 2 rings (SSSR count). The molecular formula is C16H29N3O3. The van der Waals surface area contributed by atoms with Gasteiger partial charge in [0.15, 0.2) is 0 Å². The molecule has 0 N–H and O–H groups in total. The molecule has 126 valence electrons. The molecule has 0 radical (unpaired) electrons. The zero-order chi connectivity index (χ0) is 16.1. The summed E-state index contributed by atoms with van der Waals surface area (Å²) < 4.78 is 5.45. The standard InChI is InChI=1S/C16H29N3O3/c1-13(2)22-12-6-15(20)19-7-4-5-14(19)16(21)18-10-8-17(3)9-11-18/h13-14H,4-12H2,1-3H3. The van der Waals surface area contributed by atoms with E-state index >= 15 is 0 Å². The summed E-state index contributed by atoms with van der Waals surface area (Å²) in [5, 5.41) is 0. The Morgan fingerprint density at radius 2 is 1.82 bits per heavy atom. The van der Waals surface area contributed by atoms with Crippen LogP contribution in [0.15, 0.2) is 0 Å². The zero-order valence-corrected chi connectivity index (χ0v) is 14.1. The van der Waals surface area contributed by atoms with Crippen LogP contribution in [0.4, 0.5) is 0 Å². The number of likely N-dealkylation sites (N-methyl/N-ethyl adjacent to an activating group) is 1. The lowest BCUT2D eigenvalue weighted by atomic mass is 10.1. The average Bonchev–Trinajstić information content (AvgIpc) is 2.96. The van der Waals surface area contributed by atoms with Gasteiger partial charge < -0.3 is 19.4 Å². The molecule has 2 amide bonds. The molecule has 1 atom stereocenters. The van der Waals surface area contributed by atoms with Gasteiger partial charge in [0, 0.05) is 32.7 Å². The van der Waals surface area contributed by atoms with Gasteiger partial charge in [0.05, 0.1) is 19.1 Å². The molecule has 0 aliphatic carbocycles. The van der Waals surface area contributed by atoms with Crippen molar-refractivity contribution in [1.29, 1.82) is 0 Å². The maximum atomic E-state index is 12.7. The summed E-state index contributed by atoms with van der Waals surface area (Å²) in [6.45, 7) is 8.41. The molecule has 0 spiro atoms. The first-order chi connectivity index (χ1) is 10.5.